The quantitative estimate of drug-likeness (QED) is 0.767. The zero-order valence-corrected chi connectivity index (χ0v) is 9.68. The van der Waals surface area contributed by atoms with Crippen molar-refractivity contribution in [2.75, 3.05) is 0 Å². The molecule has 15 heavy (non-hydrogen) atoms. The van der Waals surface area contributed by atoms with E-state index in [4.69, 9.17) is 0 Å². The number of rotatable bonds is 4. The fourth-order valence-electron chi connectivity index (χ4n) is 2.84. The minimum absolute atomic E-state index is 0.0604. The number of alkyl halides is 2. The summed E-state index contributed by atoms with van der Waals surface area (Å²) in [5, 5.41) is 10.3. The van der Waals surface area contributed by atoms with E-state index in [0.717, 1.165) is 25.7 Å². The summed E-state index contributed by atoms with van der Waals surface area (Å²) in [5.74, 6) is -0.814. The highest BCUT2D eigenvalue weighted by atomic mass is 19.3. The number of halogens is 2. The first-order chi connectivity index (χ1) is 7.00. The fourth-order valence-corrected chi connectivity index (χ4v) is 2.84. The van der Waals surface area contributed by atoms with E-state index in [1.54, 1.807) is 13.8 Å². The van der Waals surface area contributed by atoms with Crippen LogP contribution in [0.1, 0.15) is 52.4 Å². The Balaban J connectivity index is 2.68. The molecular formula is C12H22F2O. The van der Waals surface area contributed by atoms with Gasteiger partial charge in [-0.05, 0) is 32.1 Å². The van der Waals surface area contributed by atoms with E-state index in [1.165, 1.54) is 6.42 Å². The largest absolute Gasteiger partial charge is 0.389 e. The number of hydrogen-bond acceptors (Lipinski definition) is 1. The highest BCUT2D eigenvalue weighted by Gasteiger charge is 2.43. The van der Waals surface area contributed by atoms with Crippen molar-refractivity contribution >= 4 is 0 Å². The van der Waals surface area contributed by atoms with Crippen LogP contribution in [0.5, 0.6) is 0 Å². The van der Waals surface area contributed by atoms with E-state index in [9.17, 15) is 13.9 Å². The summed E-state index contributed by atoms with van der Waals surface area (Å²) in [6.07, 6.45) is 3.05. The van der Waals surface area contributed by atoms with Crippen LogP contribution in [-0.2, 0) is 0 Å². The predicted octanol–water partition coefficient (Wildman–Crippen LogP) is 3.61. The summed E-state index contributed by atoms with van der Waals surface area (Å²) < 4.78 is 25.6. The van der Waals surface area contributed by atoms with Crippen molar-refractivity contribution in [1.29, 1.82) is 0 Å². The standard InChI is InChI=1S/C12H22F2O/c1-3-10(11(13)14)12(2,15)9-7-5-4-6-8-9/h9-11,15H,3-8H2,1-2H3. The summed E-state index contributed by atoms with van der Waals surface area (Å²) in [7, 11) is 0. The minimum Gasteiger partial charge on any atom is -0.389 e. The van der Waals surface area contributed by atoms with E-state index in [2.05, 4.69) is 0 Å². The lowest BCUT2D eigenvalue weighted by molar-refractivity contribution is -0.117. The maximum Gasteiger partial charge on any atom is 0.244 e. The van der Waals surface area contributed by atoms with Crippen molar-refractivity contribution in [3.05, 3.63) is 0 Å². The molecule has 1 aliphatic rings. The second kappa shape index (κ2) is 5.24. The molecule has 2 atom stereocenters. The average Bonchev–Trinajstić information content (AvgIpc) is 2.19. The molecule has 0 aliphatic heterocycles. The van der Waals surface area contributed by atoms with Crippen LogP contribution in [0.3, 0.4) is 0 Å². The summed E-state index contributed by atoms with van der Waals surface area (Å²) in [5.41, 5.74) is -1.19. The molecule has 1 aliphatic carbocycles. The Kier molecular flexibility index (Phi) is 4.50. The third kappa shape index (κ3) is 2.90. The molecule has 1 nitrogen and oxygen atoms in total. The van der Waals surface area contributed by atoms with Gasteiger partial charge in [0.1, 0.15) is 0 Å². The smallest absolute Gasteiger partial charge is 0.244 e. The molecule has 90 valence electrons. The Morgan fingerprint density at radius 2 is 1.80 bits per heavy atom. The van der Waals surface area contributed by atoms with Gasteiger partial charge in [-0.1, -0.05) is 26.2 Å². The van der Waals surface area contributed by atoms with Gasteiger partial charge in [-0.2, -0.15) is 0 Å². The molecule has 1 fully saturated rings. The zero-order chi connectivity index (χ0) is 11.5. The van der Waals surface area contributed by atoms with Crippen LogP contribution >= 0.6 is 0 Å². The second-order valence-corrected chi connectivity index (χ2v) is 4.91. The van der Waals surface area contributed by atoms with E-state index in [-0.39, 0.29) is 5.92 Å². The van der Waals surface area contributed by atoms with E-state index in [1.807, 2.05) is 0 Å². The first-order valence-corrected chi connectivity index (χ1v) is 6.00. The molecule has 2 unspecified atom stereocenters. The van der Waals surface area contributed by atoms with Gasteiger partial charge in [-0.15, -0.1) is 0 Å². The zero-order valence-electron chi connectivity index (χ0n) is 9.68. The Morgan fingerprint density at radius 1 is 1.27 bits per heavy atom. The summed E-state index contributed by atoms with van der Waals surface area (Å²) >= 11 is 0. The molecule has 1 saturated carbocycles. The van der Waals surface area contributed by atoms with Crippen LogP contribution in [0.2, 0.25) is 0 Å². The molecule has 1 rings (SSSR count). The van der Waals surface area contributed by atoms with Crippen LogP contribution < -0.4 is 0 Å². The van der Waals surface area contributed by atoms with E-state index in [0.29, 0.717) is 6.42 Å². The molecule has 0 aromatic rings. The minimum atomic E-state index is -2.41. The Morgan fingerprint density at radius 3 is 2.20 bits per heavy atom. The molecule has 0 radical (unpaired) electrons. The van der Waals surface area contributed by atoms with Crippen LogP contribution in [0.15, 0.2) is 0 Å². The summed E-state index contributed by atoms with van der Waals surface area (Å²) in [4.78, 5) is 0. The normalized spacial score (nSPS) is 25.2. The topological polar surface area (TPSA) is 20.2 Å². The summed E-state index contributed by atoms with van der Waals surface area (Å²) in [6.45, 7) is 3.33. The Bertz CT molecular complexity index is 186. The highest BCUT2D eigenvalue weighted by Crippen LogP contribution is 2.40. The van der Waals surface area contributed by atoms with Gasteiger partial charge in [0.25, 0.3) is 0 Å². The maximum absolute atomic E-state index is 12.8. The third-order valence-electron chi connectivity index (χ3n) is 3.93. The Hall–Kier alpha value is -0.180. The maximum atomic E-state index is 12.8. The third-order valence-corrected chi connectivity index (χ3v) is 3.93. The molecular weight excluding hydrogens is 198 g/mol. The van der Waals surface area contributed by atoms with Crippen LogP contribution in [-0.4, -0.2) is 17.1 Å². The first-order valence-electron chi connectivity index (χ1n) is 6.00. The number of aliphatic hydroxyl groups is 1. The van der Waals surface area contributed by atoms with Crippen molar-refractivity contribution in [1.82, 2.24) is 0 Å². The molecule has 0 aromatic carbocycles. The van der Waals surface area contributed by atoms with Gasteiger partial charge >= 0.3 is 0 Å². The van der Waals surface area contributed by atoms with Gasteiger partial charge in [-0.3, -0.25) is 0 Å². The van der Waals surface area contributed by atoms with E-state index >= 15 is 0 Å². The van der Waals surface area contributed by atoms with Crippen molar-refractivity contribution in [2.24, 2.45) is 11.8 Å². The summed E-state index contributed by atoms with van der Waals surface area (Å²) in [6, 6.07) is 0. The lowest BCUT2D eigenvalue weighted by Crippen LogP contribution is -2.46. The van der Waals surface area contributed by atoms with Gasteiger partial charge < -0.3 is 5.11 Å². The monoisotopic (exact) mass is 220 g/mol. The van der Waals surface area contributed by atoms with Crippen molar-refractivity contribution in [3.63, 3.8) is 0 Å². The second-order valence-electron chi connectivity index (χ2n) is 4.91. The molecule has 0 aromatic heterocycles. The lowest BCUT2D eigenvalue weighted by atomic mass is 9.71. The highest BCUT2D eigenvalue weighted by molar-refractivity contribution is 4.90. The average molecular weight is 220 g/mol. The molecule has 0 heterocycles. The van der Waals surface area contributed by atoms with Gasteiger partial charge in [-0.25, -0.2) is 8.78 Å². The molecule has 0 saturated heterocycles. The molecule has 3 heteroatoms. The predicted molar refractivity (Wildman–Crippen MR) is 57.0 cm³/mol. The van der Waals surface area contributed by atoms with Crippen LogP contribution in [0, 0.1) is 11.8 Å². The van der Waals surface area contributed by atoms with Crippen molar-refractivity contribution in [2.45, 2.75) is 64.4 Å². The van der Waals surface area contributed by atoms with Gasteiger partial charge in [0.2, 0.25) is 6.43 Å². The fraction of sp³-hybridized carbons (Fsp3) is 1.00. The SMILES string of the molecule is CCC(C(F)F)C(C)(O)C1CCCCC1. The number of hydrogen-bond donors (Lipinski definition) is 1. The van der Waals surface area contributed by atoms with Gasteiger partial charge in [0.05, 0.1) is 5.60 Å². The first kappa shape index (κ1) is 12.9. The molecule has 0 bridgehead atoms. The molecule has 0 amide bonds. The van der Waals surface area contributed by atoms with Crippen molar-refractivity contribution < 1.29 is 13.9 Å². The van der Waals surface area contributed by atoms with Crippen molar-refractivity contribution in [3.8, 4) is 0 Å². The van der Waals surface area contributed by atoms with Gasteiger partial charge in [0.15, 0.2) is 0 Å². The Labute approximate surface area is 90.9 Å². The lowest BCUT2D eigenvalue weighted by Gasteiger charge is -2.40. The molecule has 1 N–H and O–H groups in total. The van der Waals surface area contributed by atoms with Crippen LogP contribution in [0.4, 0.5) is 8.78 Å². The van der Waals surface area contributed by atoms with Gasteiger partial charge in [0, 0.05) is 5.92 Å². The van der Waals surface area contributed by atoms with Crippen LogP contribution in [0.25, 0.3) is 0 Å². The molecule has 0 spiro atoms. The van der Waals surface area contributed by atoms with E-state index < -0.39 is 17.9 Å².